The van der Waals surface area contributed by atoms with Crippen molar-refractivity contribution in [1.29, 1.82) is 10.5 Å². The molecule has 7 aromatic rings. The van der Waals surface area contributed by atoms with Gasteiger partial charge in [-0.2, -0.15) is 55.2 Å². The van der Waals surface area contributed by atoms with E-state index >= 15 is 0 Å². The third kappa shape index (κ3) is 9.46. The molecule has 2 aromatic carbocycles. The quantitative estimate of drug-likeness (QED) is 0.0519. The number of carbonyl (C=O) groups is 4. The molecule has 0 radical (unpaired) electrons. The molecule has 0 spiro atoms. The molecule has 0 saturated carbocycles. The Morgan fingerprint density at radius 2 is 0.942 bits per heavy atom. The number of azo groups is 2. The molecule has 0 atom stereocenters. The van der Waals surface area contributed by atoms with Crippen LogP contribution >= 0.6 is 0 Å². The molecule has 5 aromatic heterocycles. The number of aryl methyl sites for hydroxylation is 2. The van der Waals surface area contributed by atoms with Crippen LogP contribution in [0.5, 0.6) is 6.01 Å². The second-order valence-electron chi connectivity index (χ2n) is 14.6. The van der Waals surface area contributed by atoms with Gasteiger partial charge in [0.05, 0.1) is 57.4 Å². The number of benzene rings is 2. The zero-order chi connectivity index (χ0) is 49.7. The van der Waals surface area contributed by atoms with E-state index < -0.39 is 29.9 Å². The molecule has 0 unspecified atom stereocenters. The number of carboxylic acid groups (broad SMARTS) is 4. The van der Waals surface area contributed by atoms with E-state index in [4.69, 9.17) is 11.5 Å². The van der Waals surface area contributed by atoms with E-state index in [0.29, 0.717) is 38.5 Å². The van der Waals surface area contributed by atoms with E-state index in [0.717, 1.165) is 67.5 Å². The molecule has 348 valence electrons. The molecule has 69 heavy (non-hydrogen) atoms. The number of nitriles is 2. The van der Waals surface area contributed by atoms with E-state index in [9.17, 15) is 55.2 Å². The van der Waals surface area contributed by atoms with Crippen molar-refractivity contribution in [2.24, 2.45) is 20.5 Å². The van der Waals surface area contributed by atoms with E-state index in [1.807, 2.05) is 26.0 Å². The summed E-state index contributed by atoms with van der Waals surface area (Å²) >= 11 is 0. The zero-order valence-corrected chi connectivity index (χ0v) is 36.0. The lowest BCUT2D eigenvalue weighted by Crippen LogP contribution is -2.13. The molecule has 9 N–H and O–H groups in total. The second kappa shape index (κ2) is 19.5. The largest absolute Gasteiger partial charge is 0.479 e. The number of rotatable bonds is 18. The lowest BCUT2D eigenvalue weighted by atomic mass is 10.1. The van der Waals surface area contributed by atoms with Crippen LogP contribution in [0.15, 0.2) is 69.2 Å². The average molecular weight is 938 g/mol. The van der Waals surface area contributed by atoms with Crippen LogP contribution in [0.1, 0.15) is 103 Å². The summed E-state index contributed by atoms with van der Waals surface area (Å²) < 4.78 is 4.16. The highest BCUT2D eigenvalue weighted by Crippen LogP contribution is 2.36. The van der Waals surface area contributed by atoms with Gasteiger partial charge in [0.15, 0.2) is 34.6 Å². The molecule has 28 heteroatoms. The zero-order valence-electron chi connectivity index (χ0n) is 36.0. The normalized spacial score (nSPS) is 11.3. The molecule has 28 nitrogen and oxygen atoms in total. The van der Waals surface area contributed by atoms with Gasteiger partial charge < -0.3 is 37.0 Å². The van der Waals surface area contributed by atoms with E-state index in [1.54, 1.807) is 0 Å². The Hall–Kier alpha value is -10.3. The first kappa shape index (κ1) is 46.7. The Labute approximate surface area is 386 Å². The monoisotopic (exact) mass is 937 g/mol. The first-order valence-electron chi connectivity index (χ1n) is 20.3. The van der Waals surface area contributed by atoms with Crippen LogP contribution in [0.4, 0.5) is 34.6 Å². The standard InChI is InChI=1S/C41H35N19O9/c1-3-5-7-27-29(51-53-33-23(15-42)17-46-57(33)25-11-19(35(61)62)9-20(12-25)36(63)64)31(44)59(55-27)39-48-40(50-41(69)49-39)60-32(45)30(28(56-60)8-6-4-2)52-54-34-24(16-43)18-47-58(34)26-13-21(37(65)66)10-22(14-26)38(67)68/h9-14,17-18H,3-8,44-45H2,1-2H3,(H,61,62)(H,63,64)(H,65,66)(H,67,68)(H,48,49,50,69). The number of anilines is 2. The molecular weight excluding hydrogens is 903 g/mol. The highest BCUT2D eigenvalue weighted by atomic mass is 16.4. The predicted molar refractivity (Wildman–Crippen MR) is 235 cm³/mol. The molecule has 0 saturated heterocycles. The number of hydrogen-bond donors (Lipinski definition) is 7. The van der Waals surface area contributed by atoms with Crippen molar-refractivity contribution in [3.63, 3.8) is 0 Å². The summed E-state index contributed by atoms with van der Waals surface area (Å²) in [4.78, 5) is 59.9. The molecule has 7 rings (SSSR count). The third-order valence-electron chi connectivity index (χ3n) is 9.97. The summed E-state index contributed by atoms with van der Waals surface area (Å²) in [6.45, 7) is 3.86. The first-order valence-corrected chi connectivity index (χ1v) is 20.3. The van der Waals surface area contributed by atoms with Crippen LogP contribution in [0.25, 0.3) is 23.3 Å². The minimum Gasteiger partial charge on any atom is -0.479 e. The van der Waals surface area contributed by atoms with Gasteiger partial charge in [0.2, 0.25) is 0 Å². The Balaban J connectivity index is 1.30. The van der Waals surface area contributed by atoms with Gasteiger partial charge in [0.1, 0.15) is 23.3 Å². The average Bonchev–Trinajstić information content (AvgIpc) is 4.10. The summed E-state index contributed by atoms with van der Waals surface area (Å²) in [5.41, 5.74) is 11.9. The number of aromatic carboxylic acids is 4. The summed E-state index contributed by atoms with van der Waals surface area (Å²) in [5, 5.41) is 104. The highest BCUT2D eigenvalue weighted by Gasteiger charge is 2.25. The van der Waals surface area contributed by atoms with E-state index in [-0.39, 0.29) is 103 Å². The van der Waals surface area contributed by atoms with Gasteiger partial charge in [-0.05, 0) is 62.1 Å². The molecular formula is C41H35N19O9. The van der Waals surface area contributed by atoms with Gasteiger partial charge in [-0.1, -0.05) is 26.7 Å². The topological polar surface area (TPSA) is 428 Å². The van der Waals surface area contributed by atoms with Crippen LogP contribution < -0.4 is 11.5 Å². The van der Waals surface area contributed by atoms with E-state index in [2.05, 4.69) is 55.8 Å². The van der Waals surface area contributed by atoms with Crippen molar-refractivity contribution in [3.05, 3.63) is 93.6 Å². The first-order chi connectivity index (χ1) is 33.1. The van der Waals surface area contributed by atoms with Crippen LogP contribution in [0.3, 0.4) is 0 Å². The van der Waals surface area contributed by atoms with Gasteiger partial charge in [-0.3, -0.25) is 0 Å². The maximum absolute atomic E-state index is 11.8. The Morgan fingerprint density at radius 3 is 1.26 bits per heavy atom. The summed E-state index contributed by atoms with van der Waals surface area (Å²) in [5.74, 6) is -7.17. The van der Waals surface area contributed by atoms with Gasteiger partial charge in [-0.15, -0.1) is 20.5 Å². The number of nitrogen functional groups attached to an aromatic ring is 2. The molecule has 0 fully saturated rings. The van der Waals surface area contributed by atoms with Crippen LogP contribution in [-0.4, -0.2) is 103 Å². The second-order valence-corrected chi connectivity index (χ2v) is 14.6. The number of nitrogens with two attached hydrogens (primary N) is 2. The molecule has 0 amide bonds. The van der Waals surface area contributed by atoms with Gasteiger partial charge in [0, 0.05) is 0 Å². The van der Waals surface area contributed by atoms with Crippen molar-refractivity contribution in [2.45, 2.75) is 52.4 Å². The van der Waals surface area contributed by atoms with Crippen LogP contribution in [0, 0.1) is 22.7 Å². The molecule has 5 heterocycles. The van der Waals surface area contributed by atoms with Crippen LogP contribution in [0.2, 0.25) is 0 Å². The van der Waals surface area contributed by atoms with Crippen molar-refractivity contribution >= 4 is 58.5 Å². The fourth-order valence-corrected chi connectivity index (χ4v) is 6.59. The van der Waals surface area contributed by atoms with Gasteiger partial charge >= 0.3 is 29.9 Å². The number of aromatic nitrogens is 11. The highest BCUT2D eigenvalue weighted by molar-refractivity contribution is 5.95. The van der Waals surface area contributed by atoms with Crippen LogP contribution in [-0.2, 0) is 12.8 Å². The summed E-state index contributed by atoms with van der Waals surface area (Å²) in [6.07, 6.45) is 5.43. The molecule has 0 bridgehead atoms. The maximum Gasteiger partial charge on any atom is 0.335 e. The number of carboxylic acids is 4. The lowest BCUT2D eigenvalue weighted by Gasteiger charge is -2.07. The van der Waals surface area contributed by atoms with E-state index in [1.165, 1.54) is 0 Å². The molecule has 0 aliphatic heterocycles. The number of hydrogen-bond acceptors (Lipinski definition) is 20. The number of aromatic hydroxyl groups is 1. The van der Waals surface area contributed by atoms with Crippen molar-refractivity contribution < 1.29 is 44.7 Å². The molecule has 0 aliphatic rings. The Morgan fingerprint density at radius 1 is 0.580 bits per heavy atom. The van der Waals surface area contributed by atoms with Gasteiger partial charge in [0.25, 0.3) is 11.9 Å². The fraction of sp³-hybridized carbons (Fsp3) is 0.195. The third-order valence-corrected chi connectivity index (χ3v) is 9.97. The summed E-state index contributed by atoms with van der Waals surface area (Å²) in [7, 11) is 0. The Kier molecular flexibility index (Phi) is 13.2. The number of unbranched alkanes of at least 4 members (excludes halogenated alkanes) is 2. The fourth-order valence-electron chi connectivity index (χ4n) is 6.59. The lowest BCUT2D eigenvalue weighted by molar-refractivity contribution is 0.0676. The van der Waals surface area contributed by atoms with Gasteiger partial charge in [-0.25, -0.2) is 28.5 Å². The van der Waals surface area contributed by atoms with Crippen molar-refractivity contribution in [3.8, 4) is 41.4 Å². The Bertz CT molecular complexity index is 3090. The predicted octanol–water partition coefficient (Wildman–Crippen LogP) is 5.54. The summed E-state index contributed by atoms with van der Waals surface area (Å²) in [6, 6.07) is 9.50. The minimum absolute atomic E-state index is 0.0138. The smallest absolute Gasteiger partial charge is 0.335 e. The number of nitrogens with zero attached hydrogens (tertiary/aromatic N) is 17. The maximum atomic E-state index is 11.8. The minimum atomic E-state index is -1.42. The SMILES string of the molecule is CCCCc1nn(-c2nc(O)nc(-n3nc(CCCC)c(N=Nc4c(C#N)cnn4-c4cc(C(=O)O)cc(C(=O)O)c4)c3N)n2)c(N)c1N=Nc1c(C#N)cnn1-c1cc(C(=O)O)cc(C(=O)O)c1. The van der Waals surface area contributed by atoms with Crippen molar-refractivity contribution in [1.82, 2.24) is 54.1 Å². The molecule has 0 aliphatic carbocycles. The van der Waals surface area contributed by atoms with Crippen molar-refractivity contribution in [2.75, 3.05) is 11.5 Å².